The first-order valence-electron chi connectivity index (χ1n) is 6.15. The number of benzene rings is 1. The van der Waals surface area contributed by atoms with Crippen LogP contribution in [-0.4, -0.2) is 10.6 Å². The van der Waals surface area contributed by atoms with Crippen LogP contribution in [0.25, 0.3) is 0 Å². The number of hydrogen-bond acceptors (Lipinski definition) is 4. The standard InChI is InChI=1S/C12H15N3O4/c1-3-4-7-12(2)13(16)10-6-5-9(15(18)19)8-11(10)14(12)17/h5-6,8H,3-4,7H2,1-2H3. The fourth-order valence-electron chi connectivity index (χ4n) is 2.28. The molecule has 0 saturated heterocycles. The molecule has 102 valence electrons. The third-order valence-corrected chi connectivity index (χ3v) is 3.49. The minimum Gasteiger partial charge on any atom is -0.618 e. The van der Waals surface area contributed by atoms with Gasteiger partial charge >= 0.3 is 5.66 Å². The lowest BCUT2D eigenvalue weighted by Gasteiger charge is -2.22. The molecular weight excluding hydrogens is 250 g/mol. The van der Waals surface area contributed by atoms with Gasteiger partial charge in [-0.1, -0.05) is 13.3 Å². The molecule has 1 aromatic carbocycles. The maximum atomic E-state index is 12.3. The predicted molar refractivity (Wildman–Crippen MR) is 69.5 cm³/mol. The van der Waals surface area contributed by atoms with E-state index >= 15 is 0 Å². The normalized spacial score (nSPS) is 21.6. The highest BCUT2D eigenvalue weighted by atomic mass is 16.6. The van der Waals surface area contributed by atoms with E-state index in [1.807, 2.05) is 6.92 Å². The summed E-state index contributed by atoms with van der Waals surface area (Å²) in [6.07, 6.45) is 2.02. The summed E-state index contributed by atoms with van der Waals surface area (Å²) in [5.41, 5.74) is -1.40. The topological polar surface area (TPSA) is 95.3 Å². The van der Waals surface area contributed by atoms with Crippen molar-refractivity contribution in [1.29, 1.82) is 0 Å². The second kappa shape index (κ2) is 4.49. The van der Waals surface area contributed by atoms with E-state index in [1.165, 1.54) is 12.1 Å². The molecule has 7 nitrogen and oxygen atoms in total. The van der Waals surface area contributed by atoms with Gasteiger partial charge < -0.3 is 10.4 Å². The molecule has 1 aliphatic heterocycles. The van der Waals surface area contributed by atoms with Crippen LogP contribution in [0.1, 0.15) is 33.1 Å². The molecule has 0 bridgehead atoms. The van der Waals surface area contributed by atoms with Crippen molar-refractivity contribution < 1.29 is 4.92 Å². The second-order valence-electron chi connectivity index (χ2n) is 4.84. The van der Waals surface area contributed by atoms with Gasteiger partial charge in [-0.2, -0.15) is 0 Å². The van der Waals surface area contributed by atoms with Gasteiger partial charge in [0, 0.05) is 12.1 Å². The number of nitro groups is 1. The van der Waals surface area contributed by atoms with Crippen molar-refractivity contribution in [2.24, 2.45) is 0 Å². The molecule has 0 saturated carbocycles. The summed E-state index contributed by atoms with van der Waals surface area (Å²) < 4.78 is 1.26. The molecule has 0 radical (unpaired) electrons. The number of unbranched alkanes of at least 4 members (excludes halogenated alkanes) is 1. The Morgan fingerprint density at radius 1 is 1.26 bits per heavy atom. The van der Waals surface area contributed by atoms with E-state index in [1.54, 1.807) is 6.92 Å². The van der Waals surface area contributed by atoms with Crippen LogP contribution in [0.2, 0.25) is 0 Å². The van der Waals surface area contributed by atoms with Crippen LogP contribution in [0.5, 0.6) is 0 Å². The van der Waals surface area contributed by atoms with E-state index in [2.05, 4.69) is 0 Å². The number of nitro benzene ring substituents is 1. The van der Waals surface area contributed by atoms with E-state index in [4.69, 9.17) is 0 Å². The average molecular weight is 265 g/mol. The molecule has 1 aromatic rings. The Morgan fingerprint density at radius 3 is 2.47 bits per heavy atom. The van der Waals surface area contributed by atoms with Crippen molar-refractivity contribution in [3.63, 3.8) is 0 Å². The number of hydrogen-bond donors (Lipinski definition) is 0. The fraction of sp³-hybridized carbons (Fsp3) is 0.500. The van der Waals surface area contributed by atoms with Gasteiger partial charge in [0.2, 0.25) is 0 Å². The summed E-state index contributed by atoms with van der Waals surface area (Å²) in [5, 5.41) is 35.5. The second-order valence-corrected chi connectivity index (χ2v) is 4.84. The highest BCUT2D eigenvalue weighted by molar-refractivity contribution is 5.29. The molecule has 2 rings (SSSR count). The first kappa shape index (κ1) is 13.3. The van der Waals surface area contributed by atoms with Crippen LogP contribution < -0.4 is 20.2 Å². The Kier molecular flexibility index (Phi) is 3.13. The van der Waals surface area contributed by atoms with E-state index < -0.39 is 10.6 Å². The zero-order valence-electron chi connectivity index (χ0n) is 10.8. The summed E-state index contributed by atoms with van der Waals surface area (Å²) in [6, 6.07) is 3.73. The fourth-order valence-corrected chi connectivity index (χ4v) is 2.28. The van der Waals surface area contributed by atoms with Gasteiger partial charge in [-0.05, 0) is 6.42 Å². The lowest BCUT2D eigenvalue weighted by Crippen LogP contribution is -2.49. The van der Waals surface area contributed by atoms with Gasteiger partial charge in [0.25, 0.3) is 16.4 Å². The number of rotatable bonds is 4. The molecule has 0 fully saturated rings. The maximum Gasteiger partial charge on any atom is 0.369 e. The van der Waals surface area contributed by atoms with Crippen LogP contribution in [-0.2, 0) is 0 Å². The van der Waals surface area contributed by atoms with Crippen molar-refractivity contribution in [1.82, 2.24) is 9.48 Å². The zero-order valence-corrected chi connectivity index (χ0v) is 10.8. The van der Waals surface area contributed by atoms with Crippen LogP contribution in [0.4, 0.5) is 5.69 Å². The van der Waals surface area contributed by atoms with Crippen LogP contribution >= 0.6 is 0 Å². The predicted octanol–water partition coefficient (Wildman–Crippen LogP) is 0.493. The van der Waals surface area contributed by atoms with Gasteiger partial charge in [-0.3, -0.25) is 10.1 Å². The molecule has 1 heterocycles. The van der Waals surface area contributed by atoms with E-state index in [-0.39, 0.29) is 16.4 Å². The van der Waals surface area contributed by atoms with Crippen molar-refractivity contribution in [2.45, 2.75) is 38.8 Å². The minimum absolute atomic E-state index is 0.0720. The van der Waals surface area contributed by atoms with Crippen molar-refractivity contribution in [3.05, 3.63) is 49.4 Å². The molecular formula is C12H15N3O4. The highest BCUT2D eigenvalue weighted by Gasteiger charge is 2.47. The molecule has 19 heavy (non-hydrogen) atoms. The van der Waals surface area contributed by atoms with Crippen molar-refractivity contribution >= 4 is 5.69 Å². The van der Waals surface area contributed by atoms with Gasteiger partial charge in [0.05, 0.1) is 24.3 Å². The SMILES string of the molecule is CCCCC1(C)[N+]([O-])=c2ccc([N+](=O)[O-])cc2=[N+]1[O-]. The Hall–Kier alpha value is -2.18. The lowest BCUT2D eigenvalue weighted by atomic mass is 10.1. The molecule has 7 heteroatoms. The molecule has 0 aliphatic carbocycles. The summed E-state index contributed by atoms with van der Waals surface area (Å²) in [5.74, 6) is 0. The molecule has 1 aliphatic rings. The Labute approximate surface area is 109 Å². The van der Waals surface area contributed by atoms with E-state index in [0.717, 1.165) is 18.9 Å². The van der Waals surface area contributed by atoms with E-state index in [9.17, 15) is 20.5 Å². The average Bonchev–Trinajstić information content (AvgIpc) is 2.59. The third-order valence-electron chi connectivity index (χ3n) is 3.49. The van der Waals surface area contributed by atoms with Gasteiger partial charge in [0.1, 0.15) is 0 Å². The molecule has 0 spiro atoms. The number of nitrogens with zero attached hydrogens (tertiary/aromatic N) is 3. The van der Waals surface area contributed by atoms with Gasteiger partial charge in [-0.15, -0.1) is 9.48 Å². The minimum atomic E-state index is -1.21. The third kappa shape index (κ3) is 1.91. The van der Waals surface area contributed by atoms with Crippen LogP contribution in [0.15, 0.2) is 18.2 Å². The Bertz CT molecular complexity index is 655. The first-order chi connectivity index (χ1) is 8.91. The quantitative estimate of drug-likeness (QED) is 0.342. The molecule has 1 unspecified atom stereocenters. The number of fused-ring (bicyclic) bond motifs is 1. The molecule has 0 amide bonds. The summed E-state index contributed by atoms with van der Waals surface area (Å²) in [6.45, 7) is 3.54. The largest absolute Gasteiger partial charge is 0.618 e. The van der Waals surface area contributed by atoms with E-state index in [0.29, 0.717) is 15.9 Å². The number of non-ortho nitro benzene ring substituents is 1. The monoisotopic (exact) mass is 265 g/mol. The summed E-state index contributed by atoms with van der Waals surface area (Å²) in [4.78, 5) is 10.1. The smallest absolute Gasteiger partial charge is 0.369 e. The van der Waals surface area contributed by atoms with Crippen LogP contribution in [0, 0.1) is 20.5 Å². The summed E-state index contributed by atoms with van der Waals surface area (Å²) >= 11 is 0. The maximum absolute atomic E-state index is 12.3. The Balaban J connectivity index is 2.65. The summed E-state index contributed by atoms with van der Waals surface area (Å²) in [7, 11) is 0. The molecule has 0 N–H and O–H groups in total. The first-order valence-corrected chi connectivity index (χ1v) is 6.15. The van der Waals surface area contributed by atoms with Gasteiger partial charge in [0.15, 0.2) is 0 Å². The van der Waals surface area contributed by atoms with Crippen molar-refractivity contribution in [3.8, 4) is 0 Å². The highest BCUT2D eigenvalue weighted by Crippen LogP contribution is 2.17. The molecule has 1 atom stereocenters. The van der Waals surface area contributed by atoms with Crippen molar-refractivity contribution in [2.75, 3.05) is 0 Å². The Morgan fingerprint density at radius 2 is 1.89 bits per heavy atom. The zero-order chi connectivity index (χ0) is 14.2. The number of hydroxylamine groups is 2. The molecule has 0 aromatic heterocycles. The lowest BCUT2D eigenvalue weighted by molar-refractivity contribution is -0.385. The van der Waals surface area contributed by atoms with Crippen LogP contribution in [0.3, 0.4) is 0 Å². The van der Waals surface area contributed by atoms with Gasteiger partial charge in [-0.25, -0.2) is 0 Å².